The van der Waals surface area contributed by atoms with Gasteiger partial charge in [-0.25, -0.2) is 0 Å². The van der Waals surface area contributed by atoms with Crippen molar-refractivity contribution >= 4 is 11.6 Å². The second kappa shape index (κ2) is 8.17. The summed E-state index contributed by atoms with van der Waals surface area (Å²) in [6.07, 6.45) is 2.33. The Bertz CT molecular complexity index is 709. The molecule has 1 aliphatic rings. The second-order valence-corrected chi connectivity index (χ2v) is 6.91. The maximum atomic E-state index is 12.3. The first-order valence-corrected chi connectivity index (χ1v) is 8.98. The van der Waals surface area contributed by atoms with Crippen molar-refractivity contribution in [3.8, 4) is 0 Å². The lowest BCUT2D eigenvalue weighted by Crippen LogP contribution is -2.37. The van der Waals surface area contributed by atoms with E-state index >= 15 is 0 Å². The molecule has 0 unspecified atom stereocenters. The van der Waals surface area contributed by atoms with Gasteiger partial charge in [0.25, 0.3) is 5.91 Å². The molecule has 0 aliphatic carbocycles. The Hall–Kier alpha value is -2.33. The van der Waals surface area contributed by atoms with Crippen LogP contribution < -0.4 is 10.2 Å². The molecule has 1 heterocycles. The first kappa shape index (κ1) is 17.5. The van der Waals surface area contributed by atoms with Crippen LogP contribution in [0, 0.1) is 0 Å². The molecule has 0 saturated carbocycles. The summed E-state index contributed by atoms with van der Waals surface area (Å²) in [4.78, 5) is 16.8. The summed E-state index contributed by atoms with van der Waals surface area (Å²) in [5.41, 5.74) is 4.67. The number of carbonyl (C=O) groups is 1. The minimum absolute atomic E-state index is 0.00157. The molecule has 1 aliphatic heterocycles. The molecule has 4 nitrogen and oxygen atoms in total. The molecule has 1 amide bonds. The third kappa shape index (κ3) is 4.60. The second-order valence-electron chi connectivity index (χ2n) is 6.91. The zero-order valence-electron chi connectivity index (χ0n) is 15.2. The highest BCUT2D eigenvalue weighted by Gasteiger charge is 2.16. The third-order valence-corrected chi connectivity index (χ3v) is 4.59. The lowest BCUT2D eigenvalue weighted by Gasteiger charge is -2.31. The molecule has 0 spiro atoms. The van der Waals surface area contributed by atoms with Crippen molar-refractivity contribution < 1.29 is 4.79 Å². The number of anilines is 1. The SMILES string of the molecule is CN(C)Cc1ccc(C(=O)NCCN2CCCc3ccccc32)cc1. The molecule has 0 saturated heterocycles. The topological polar surface area (TPSA) is 35.6 Å². The van der Waals surface area contributed by atoms with Crippen molar-refractivity contribution in [2.24, 2.45) is 0 Å². The molecular formula is C21H27N3O. The third-order valence-electron chi connectivity index (χ3n) is 4.59. The van der Waals surface area contributed by atoms with Gasteiger partial charge < -0.3 is 15.1 Å². The number of para-hydroxylation sites is 1. The van der Waals surface area contributed by atoms with E-state index in [1.165, 1.54) is 23.2 Å². The van der Waals surface area contributed by atoms with Crippen molar-refractivity contribution in [2.75, 3.05) is 38.6 Å². The maximum Gasteiger partial charge on any atom is 0.251 e. The Kier molecular flexibility index (Phi) is 5.71. The lowest BCUT2D eigenvalue weighted by atomic mass is 10.0. The lowest BCUT2D eigenvalue weighted by molar-refractivity contribution is 0.0954. The quantitative estimate of drug-likeness (QED) is 0.880. The fraction of sp³-hybridized carbons (Fsp3) is 0.381. The van der Waals surface area contributed by atoms with Crippen molar-refractivity contribution in [3.05, 3.63) is 65.2 Å². The van der Waals surface area contributed by atoms with E-state index in [0.29, 0.717) is 6.54 Å². The van der Waals surface area contributed by atoms with Gasteiger partial charge in [-0.15, -0.1) is 0 Å². The highest BCUT2D eigenvalue weighted by Crippen LogP contribution is 2.25. The van der Waals surface area contributed by atoms with E-state index < -0.39 is 0 Å². The summed E-state index contributed by atoms with van der Waals surface area (Å²) < 4.78 is 0. The number of aryl methyl sites for hydroxylation is 1. The Balaban J connectivity index is 1.52. The predicted octanol–water partition coefficient (Wildman–Crippen LogP) is 2.93. The van der Waals surface area contributed by atoms with E-state index in [1.54, 1.807) is 0 Å². The van der Waals surface area contributed by atoms with Gasteiger partial charge in [0.1, 0.15) is 0 Å². The Labute approximate surface area is 150 Å². The summed E-state index contributed by atoms with van der Waals surface area (Å²) in [5.74, 6) is 0.00157. The first-order valence-electron chi connectivity index (χ1n) is 8.98. The number of rotatable bonds is 6. The molecule has 25 heavy (non-hydrogen) atoms. The van der Waals surface area contributed by atoms with E-state index in [-0.39, 0.29) is 5.91 Å². The van der Waals surface area contributed by atoms with Crippen LogP contribution in [0.4, 0.5) is 5.69 Å². The highest BCUT2D eigenvalue weighted by molar-refractivity contribution is 5.94. The molecule has 0 atom stereocenters. The normalized spacial score (nSPS) is 13.6. The average molecular weight is 337 g/mol. The van der Waals surface area contributed by atoms with Crippen LogP contribution in [0.1, 0.15) is 27.9 Å². The maximum absolute atomic E-state index is 12.3. The fourth-order valence-electron chi connectivity index (χ4n) is 3.38. The molecule has 0 bridgehead atoms. The minimum Gasteiger partial charge on any atom is -0.370 e. The molecule has 0 radical (unpaired) electrons. The minimum atomic E-state index is 0.00157. The molecule has 2 aromatic carbocycles. The summed E-state index contributed by atoms with van der Waals surface area (Å²) >= 11 is 0. The van der Waals surface area contributed by atoms with E-state index in [1.807, 2.05) is 38.4 Å². The van der Waals surface area contributed by atoms with Crippen molar-refractivity contribution in [2.45, 2.75) is 19.4 Å². The van der Waals surface area contributed by atoms with Crippen molar-refractivity contribution in [1.82, 2.24) is 10.2 Å². The van der Waals surface area contributed by atoms with Crippen LogP contribution in [0.25, 0.3) is 0 Å². The van der Waals surface area contributed by atoms with E-state index in [0.717, 1.165) is 31.6 Å². The van der Waals surface area contributed by atoms with Gasteiger partial charge in [0.15, 0.2) is 0 Å². The fourth-order valence-corrected chi connectivity index (χ4v) is 3.38. The van der Waals surface area contributed by atoms with Gasteiger partial charge in [0, 0.05) is 37.4 Å². The molecule has 0 fully saturated rings. The van der Waals surface area contributed by atoms with Crippen molar-refractivity contribution in [1.29, 1.82) is 0 Å². The van der Waals surface area contributed by atoms with Gasteiger partial charge in [-0.2, -0.15) is 0 Å². The molecule has 0 aromatic heterocycles. The number of nitrogens with zero attached hydrogens (tertiary/aromatic N) is 2. The monoisotopic (exact) mass is 337 g/mol. The van der Waals surface area contributed by atoms with E-state index in [4.69, 9.17) is 0 Å². The summed E-state index contributed by atoms with van der Waals surface area (Å²) in [6, 6.07) is 16.4. The van der Waals surface area contributed by atoms with Gasteiger partial charge in [0.05, 0.1) is 0 Å². The number of carbonyl (C=O) groups excluding carboxylic acids is 1. The predicted molar refractivity (Wildman–Crippen MR) is 103 cm³/mol. The Morgan fingerprint density at radius 2 is 1.88 bits per heavy atom. The molecule has 132 valence electrons. The molecular weight excluding hydrogens is 310 g/mol. The van der Waals surface area contributed by atoms with Crippen LogP contribution >= 0.6 is 0 Å². The van der Waals surface area contributed by atoms with Crippen LogP contribution in [-0.2, 0) is 13.0 Å². The Morgan fingerprint density at radius 1 is 1.12 bits per heavy atom. The number of amides is 1. The van der Waals surface area contributed by atoms with Gasteiger partial charge in [-0.1, -0.05) is 30.3 Å². The summed E-state index contributed by atoms with van der Waals surface area (Å²) in [5, 5.41) is 3.05. The summed E-state index contributed by atoms with van der Waals surface area (Å²) in [7, 11) is 4.08. The van der Waals surface area contributed by atoms with Gasteiger partial charge >= 0.3 is 0 Å². The molecule has 3 rings (SSSR count). The van der Waals surface area contributed by atoms with E-state index in [2.05, 4.69) is 39.4 Å². The van der Waals surface area contributed by atoms with Crippen LogP contribution in [0.5, 0.6) is 0 Å². The highest BCUT2D eigenvalue weighted by atomic mass is 16.1. The first-order chi connectivity index (χ1) is 12.1. The number of benzene rings is 2. The van der Waals surface area contributed by atoms with Crippen molar-refractivity contribution in [3.63, 3.8) is 0 Å². The largest absolute Gasteiger partial charge is 0.370 e. The van der Waals surface area contributed by atoms with Crippen LogP contribution in [-0.4, -0.2) is 44.5 Å². The molecule has 1 N–H and O–H groups in total. The number of hydrogen-bond donors (Lipinski definition) is 1. The van der Waals surface area contributed by atoms with Crippen LogP contribution in [0.3, 0.4) is 0 Å². The number of hydrogen-bond acceptors (Lipinski definition) is 3. The molecule has 4 heteroatoms. The van der Waals surface area contributed by atoms with Gasteiger partial charge in [-0.05, 0) is 56.3 Å². The van der Waals surface area contributed by atoms with Gasteiger partial charge in [-0.3, -0.25) is 4.79 Å². The Morgan fingerprint density at radius 3 is 2.64 bits per heavy atom. The average Bonchev–Trinajstić information content (AvgIpc) is 2.62. The number of nitrogens with one attached hydrogen (secondary N) is 1. The van der Waals surface area contributed by atoms with Crippen LogP contribution in [0.2, 0.25) is 0 Å². The molecule has 2 aromatic rings. The van der Waals surface area contributed by atoms with Crippen LogP contribution in [0.15, 0.2) is 48.5 Å². The smallest absolute Gasteiger partial charge is 0.251 e. The van der Waals surface area contributed by atoms with Gasteiger partial charge in [0.2, 0.25) is 0 Å². The number of fused-ring (bicyclic) bond motifs is 1. The zero-order chi connectivity index (χ0) is 17.6. The summed E-state index contributed by atoms with van der Waals surface area (Å²) in [6.45, 7) is 3.45. The zero-order valence-corrected chi connectivity index (χ0v) is 15.2. The van der Waals surface area contributed by atoms with E-state index in [9.17, 15) is 4.79 Å². The standard InChI is InChI=1S/C21H27N3O/c1-23(2)16-17-9-11-19(12-10-17)21(25)22-13-15-24-14-5-7-18-6-3-4-8-20(18)24/h3-4,6,8-12H,5,7,13-16H2,1-2H3,(H,22,25).